The molecular formula is C22H30ClN5. The predicted octanol–water partition coefficient (Wildman–Crippen LogP) is 3.79. The number of hydrogen-bond donors (Lipinski definition) is 2. The lowest BCUT2D eigenvalue weighted by molar-refractivity contribution is 0.122. The van der Waals surface area contributed by atoms with Gasteiger partial charge in [0.25, 0.3) is 0 Å². The number of pyridine rings is 1. The van der Waals surface area contributed by atoms with Crippen molar-refractivity contribution in [1.29, 1.82) is 0 Å². The Labute approximate surface area is 173 Å². The molecule has 1 aliphatic rings. The van der Waals surface area contributed by atoms with Crippen molar-refractivity contribution in [3.8, 4) is 0 Å². The van der Waals surface area contributed by atoms with E-state index in [1.807, 2.05) is 37.3 Å². The van der Waals surface area contributed by atoms with Crippen LogP contribution >= 0.6 is 11.6 Å². The second-order valence-electron chi connectivity index (χ2n) is 7.46. The standard InChI is InChI=1S/C22H30ClN5/c1-16-7-4-11-20(27-16)15-26-22(24-2)25-14-18-9-6-12-28(3)21(18)17-8-5-10-19(23)13-17/h4-5,7-8,10-11,13,18,21H,6,9,12,14-15H2,1-3H3,(H2,24,25,26). The second-order valence-corrected chi connectivity index (χ2v) is 7.90. The van der Waals surface area contributed by atoms with Gasteiger partial charge in [-0.15, -0.1) is 0 Å². The van der Waals surface area contributed by atoms with Gasteiger partial charge in [-0.05, 0) is 69.1 Å². The fraction of sp³-hybridized carbons (Fsp3) is 0.455. The van der Waals surface area contributed by atoms with Crippen molar-refractivity contribution in [1.82, 2.24) is 20.5 Å². The third kappa shape index (κ3) is 5.46. The number of benzene rings is 1. The average Bonchev–Trinajstić information content (AvgIpc) is 2.68. The summed E-state index contributed by atoms with van der Waals surface area (Å²) in [6, 6.07) is 14.7. The van der Waals surface area contributed by atoms with Gasteiger partial charge in [0, 0.05) is 30.4 Å². The normalized spacial score (nSPS) is 20.8. The minimum atomic E-state index is 0.358. The van der Waals surface area contributed by atoms with Crippen LogP contribution in [-0.4, -0.2) is 43.0 Å². The maximum atomic E-state index is 6.25. The summed E-state index contributed by atoms with van der Waals surface area (Å²) in [4.78, 5) is 11.3. The zero-order valence-corrected chi connectivity index (χ0v) is 17.7. The number of likely N-dealkylation sites (tertiary alicyclic amines) is 1. The molecular weight excluding hydrogens is 370 g/mol. The van der Waals surface area contributed by atoms with E-state index in [1.165, 1.54) is 18.4 Å². The molecule has 0 radical (unpaired) electrons. The van der Waals surface area contributed by atoms with Crippen LogP contribution in [0.2, 0.25) is 5.02 Å². The van der Waals surface area contributed by atoms with Gasteiger partial charge in [0.2, 0.25) is 0 Å². The van der Waals surface area contributed by atoms with Gasteiger partial charge in [0.1, 0.15) is 0 Å². The first-order chi connectivity index (χ1) is 13.6. The van der Waals surface area contributed by atoms with Gasteiger partial charge < -0.3 is 10.6 Å². The van der Waals surface area contributed by atoms with Crippen molar-refractivity contribution in [2.45, 2.75) is 32.4 Å². The van der Waals surface area contributed by atoms with Gasteiger partial charge in [-0.1, -0.05) is 29.8 Å². The molecule has 0 bridgehead atoms. The van der Waals surface area contributed by atoms with E-state index in [0.29, 0.717) is 18.5 Å². The first-order valence-corrected chi connectivity index (χ1v) is 10.3. The molecule has 6 heteroatoms. The van der Waals surface area contributed by atoms with Crippen LogP contribution < -0.4 is 10.6 Å². The SMILES string of the molecule is CN=C(NCc1cccc(C)n1)NCC1CCCN(C)C1c1cccc(Cl)c1. The number of nitrogens with one attached hydrogen (secondary N) is 2. The van der Waals surface area contributed by atoms with Crippen molar-refractivity contribution >= 4 is 17.6 Å². The van der Waals surface area contributed by atoms with Crippen molar-refractivity contribution in [2.24, 2.45) is 10.9 Å². The van der Waals surface area contributed by atoms with Crippen molar-refractivity contribution in [3.05, 3.63) is 64.4 Å². The molecule has 2 heterocycles. The molecule has 1 aromatic carbocycles. The molecule has 1 saturated heterocycles. The quantitative estimate of drug-likeness (QED) is 0.593. The van der Waals surface area contributed by atoms with E-state index >= 15 is 0 Å². The summed E-state index contributed by atoms with van der Waals surface area (Å²) in [6.07, 6.45) is 2.39. The van der Waals surface area contributed by atoms with E-state index in [1.54, 1.807) is 7.05 Å². The Kier molecular flexibility index (Phi) is 7.29. The van der Waals surface area contributed by atoms with Crippen molar-refractivity contribution in [2.75, 3.05) is 27.2 Å². The van der Waals surface area contributed by atoms with Crippen molar-refractivity contribution < 1.29 is 0 Å². The molecule has 5 nitrogen and oxygen atoms in total. The minimum Gasteiger partial charge on any atom is -0.356 e. The maximum absolute atomic E-state index is 6.25. The van der Waals surface area contributed by atoms with E-state index in [4.69, 9.17) is 11.6 Å². The summed E-state index contributed by atoms with van der Waals surface area (Å²) in [7, 11) is 4.01. The van der Waals surface area contributed by atoms with Crippen LogP contribution in [-0.2, 0) is 6.54 Å². The van der Waals surface area contributed by atoms with Crippen LogP contribution in [0.1, 0.15) is 35.8 Å². The van der Waals surface area contributed by atoms with Gasteiger partial charge in [0.05, 0.1) is 12.2 Å². The van der Waals surface area contributed by atoms with E-state index in [9.17, 15) is 0 Å². The number of nitrogens with zero attached hydrogens (tertiary/aromatic N) is 3. The Morgan fingerprint density at radius 3 is 2.82 bits per heavy atom. The Morgan fingerprint density at radius 1 is 1.25 bits per heavy atom. The average molecular weight is 400 g/mol. The highest BCUT2D eigenvalue weighted by Gasteiger charge is 2.30. The number of rotatable bonds is 5. The number of piperidine rings is 1. The largest absolute Gasteiger partial charge is 0.356 e. The highest BCUT2D eigenvalue weighted by atomic mass is 35.5. The summed E-state index contributed by atoms with van der Waals surface area (Å²) in [5.74, 6) is 1.30. The van der Waals surface area contributed by atoms with Crippen LogP contribution in [0.15, 0.2) is 47.5 Å². The number of halogens is 1. The molecule has 150 valence electrons. The fourth-order valence-corrected chi connectivity index (χ4v) is 4.21. The summed E-state index contributed by atoms with van der Waals surface area (Å²) in [6.45, 7) is 4.64. The topological polar surface area (TPSA) is 52.6 Å². The molecule has 2 atom stereocenters. The van der Waals surface area contributed by atoms with Crippen LogP contribution in [0.5, 0.6) is 0 Å². The predicted molar refractivity (Wildman–Crippen MR) is 117 cm³/mol. The third-order valence-electron chi connectivity index (χ3n) is 5.34. The highest BCUT2D eigenvalue weighted by molar-refractivity contribution is 6.30. The molecule has 0 aliphatic carbocycles. The van der Waals surface area contributed by atoms with Gasteiger partial charge >= 0.3 is 0 Å². The zero-order valence-electron chi connectivity index (χ0n) is 17.0. The van der Waals surface area contributed by atoms with Crippen LogP contribution in [0.3, 0.4) is 0 Å². The smallest absolute Gasteiger partial charge is 0.191 e. The number of guanidine groups is 1. The summed E-state index contributed by atoms with van der Waals surface area (Å²) in [5, 5.41) is 7.68. The number of aromatic nitrogens is 1. The molecule has 2 aromatic rings. The van der Waals surface area contributed by atoms with E-state index in [0.717, 1.165) is 35.5 Å². The van der Waals surface area contributed by atoms with Crippen LogP contribution in [0.25, 0.3) is 0 Å². The Balaban J connectivity index is 1.61. The van der Waals surface area contributed by atoms with Crippen molar-refractivity contribution in [3.63, 3.8) is 0 Å². The number of hydrogen-bond acceptors (Lipinski definition) is 3. The lowest BCUT2D eigenvalue weighted by atomic mass is 9.85. The molecule has 0 spiro atoms. The first kappa shape index (κ1) is 20.6. The maximum Gasteiger partial charge on any atom is 0.191 e. The zero-order chi connectivity index (χ0) is 19.9. The van der Waals surface area contributed by atoms with Gasteiger partial charge in [-0.25, -0.2) is 0 Å². The molecule has 1 aromatic heterocycles. The summed E-state index contributed by atoms with van der Waals surface area (Å²) < 4.78 is 0. The summed E-state index contributed by atoms with van der Waals surface area (Å²) >= 11 is 6.25. The molecule has 0 amide bonds. The van der Waals surface area contributed by atoms with E-state index in [2.05, 4.69) is 44.7 Å². The number of aliphatic imine (C=N–C) groups is 1. The molecule has 1 fully saturated rings. The van der Waals surface area contributed by atoms with Gasteiger partial charge in [0.15, 0.2) is 5.96 Å². The summed E-state index contributed by atoms with van der Waals surface area (Å²) in [5.41, 5.74) is 3.32. The molecule has 1 aliphatic heterocycles. The molecule has 28 heavy (non-hydrogen) atoms. The highest BCUT2D eigenvalue weighted by Crippen LogP contribution is 2.35. The molecule has 2 N–H and O–H groups in total. The Bertz CT molecular complexity index is 807. The first-order valence-electron chi connectivity index (χ1n) is 9.89. The van der Waals surface area contributed by atoms with E-state index in [-0.39, 0.29) is 0 Å². The Morgan fingerprint density at radius 2 is 2.07 bits per heavy atom. The minimum absolute atomic E-state index is 0.358. The van der Waals surface area contributed by atoms with Gasteiger partial charge in [-0.3, -0.25) is 14.9 Å². The van der Waals surface area contributed by atoms with Gasteiger partial charge in [-0.2, -0.15) is 0 Å². The van der Waals surface area contributed by atoms with E-state index < -0.39 is 0 Å². The third-order valence-corrected chi connectivity index (χ3v) is 5.57. The molecule has 3 rings (SSSR count). The number of aryl methyl sites for hydroxylation is 1. The Hall–Kier alpha value is -2.11. The second kappa shape index (κ2) is 9.89. The molecule has 0 saturated carbocycles. The van der Waals surface area contributed by atoms with Crippen LogP contribution in [0, 0.1) is 12.8 Å². The molecule has 2 unspecified atom stereocenters. The monoisotopic (exact) mass is 399 g/mol. The lowest BCUT2D eigenvalue weighted by Gasteiger charge is -2.40. The fourth-order valence-electron chi connectivity index (χ4n) is 4.01. The lowest BCUT2D eigenvalue weighted by Crippen LogP contribution is -2.44. The van der Waals surface area contributed by atoms with Crippen LogP contribution in [0.4, 0.5) is 0 Å².